The van der Waals surface area contributed by atoms with E-state index >= 15 is 0 Å². The lowest BCUT2D eigenvalue weighted by Crippen LogP contribution is -2.22. The van der Waals surface area contributed by atoms with Crippen LogP contribution in [0.3, 0.4) is 0 Å². The maximum atomic E-state index is 12.5. The molecule has 1 saturated heterocycles. The summed E-state index contributed by atoms with van der Waals surface area (Å²) in [6, 6.07) is 7.52. The Morgan fingerprint density at radius 2 is 1.95 bits per heavy atom. The second kappa shape index (κ2) is 12.5. The number of hydrogen-bond acceptors (Lipinski definition) is 10. The molecule has 0 radical (unpaired) electrons. The molecular formula is C23H28Cl2N5O6P. The molecule has 0 aliphatic carbocycles. The lowest BCUT2D eigenvalue weighted by molar-refractivity contribution is -0.145. The molecule has 37 heavy (non-hydrogen) atoms. The molecule has 1 aromatic carbocycles. The molecule has 3 aromatic rings. The van der Waals surface area contributed by atoms with Crippen LogP contribution in [-0.4, -0.2) is 57.8 Å². The van der Waals surface area contributed by atoms with E-state index in [2.05, 4.69) is 20.4 Å². The fourth-order valence-corrected chi connectivity index (χ4v) is 5.78. The van der Waals surface area contributed by atoms with Gasteiger partial charge in [0.05, 0.1) is 30.9 Å². The Bertz CT molecular complexity index is 1280. The van der Waals surface area contributed by atoms with Gasteiger partial charge in [-0.05, 0) is 49.9 Å². The summed E-state index contributed by atoms with van der Waals surface area (Å²) in [5, 5.41) is 9.10. The van der Waals surface area contributed by atoms with E-state index in [0.29, 0.717) is 41.3 Å². The number of esters is 1. The van der Waals surface area contributed by atoms with Gasteiger partial charge in [0.15, 0.2) is 11.9 Å². The first kappa shape index (κ1) is 27.8. The van der Waals surface area contributed by atoms with Crippen molar-refractivity contribution in [1.82, 2.24) is 19.7 Å². The quantitative estimate of drug-likeness (QED) is 0.175. The van der Waals surface area contributed by atoms with Crippen LogP contribution in [0.25, 0.3) is 11.0 Å². The Morgan fingerprint density at radius 1 is 1.19 bits per heavy atom. The normalized spacial score (nSPS) is 17.8. The van der Waals surface area contributed by atoms with Crippen LogP contribution in [0.1, 0.15) is 38.5 Å². The smallest absolute Gasteiger partial charge is 0.341 e. The second-order valence-electron chi connectivity index (χ2n) is 8.19. The molecule has 3 heterocycles. The molecule has 0 unspecified atom stereocenters. The molecule has 0 amide bonds. The largest absolute Gasteiger partial charge is 0.462 e. The SMILES string of the molecule is CCOP(=O)(CC(=O)OC[C@@H]1CC[C@H](n2ncc3c(NCc4ccccc4Cl)nc(Cl)nc32)O1)OCC. The number of benzene rings is 1. The van der Waals surface area contributed by atoms with E-state index in [4.69, 9.17) is 41.7 Å². The highest BCUT2D eigenvalue weighted by atomic mass is 35.5. The highest BCUT2D eigenvalue weighted by Gasteiger charge is 2.32. The van der Waals surface area contributed by atoms with Crippen LogP contribution < -0.4 is 5.32 Å². The van der Waals surface area contributed by atoms with Gasteiger partial charge in [0.2, 0.25) is 5.28 Å². The highest BCUT2D eigenvalue weighted by molar-refractivity contribution is 7.54. The van der Waals surface area contributed by atoms with E-state index in [1.807, 2.05) is 24.3 Å². The summed E-state index contributed by atoms with van der Waals surface area (Å²) in [5.74, 6) is -0.145. The number of nitrogens with zero attached hydrogens (tertiary/aromatic N) is 4. The molecule has 0 bridgehead atoms. The molecule has 0 spiro atoms. The Labute approximate surface area is 224 Å². The Balaban J connectivity index is 1.38. The summed E-state index contributed by atoms with van der Waals surface area (Å²) >= 11 is 12.5. The minimum Gasteiger partial charge on any atom is -0.462 e. The first-order valence-electron chi connectivity index (χ1n) is 11.9. The number of rotatable bonds is 12. The highest BCUT2D eigenvalue weighted by Crippen LogP contribution is 2.47. The standard InChI is InChI=1S/C23H28Cl2N5O6P/c1-3-34-37(32,35-4-2)14-20(31)33-13-16-9-10-19(36-16)30-22-17(12-27-30)21(28-23(25)29-22)26-11-15-7-5-6-8-18(15)24/h5-8,12,16,19H,3-4,9-11,13-14H2,1-2H3,(H,26,28,29)/t16-,19+/m0/s1. The maximum Gasteiger partial charge on any atom is 0.341 e. The van der Waals surface area contributed by atoms with E-state index in [9.17, 15) is 9.36 Å². The van der Waals surface area contributed by atoms with Gasteiger partial charge in [-0.3, -0.25) is 9.36 Å². The Morgan fingerprint density at radius 3 is 2.68 bits per heavy atom. The van der Waals surface area contributed by atoms with Crippen molar-refractivity contribution in [2.24, 2.45) is 0 Å². The second-order valence-corrected chi connectivity index (χ2v) is 11.0. The third kappa shape index (κ3) is 6.98. The Kier molecular flexibility index (Phi) is 9.39. The molecule has 2 aromatic heterocycles. The summed E-state index contributed by atoms with van der Waals surface area (Å²) in [6.45, 7) is 4.14. The number of aromatic nitrogens is 4. The van der Waals surface area contributed by atoms with Crippen molar-refractivity contribution in [3.8, 4) is 0 Å². The van der Waals surface area contributed by atoms with Crippen LogP contribution in [0.2, 0.25) is 10.3 Å². The lowest BCUT2D eigenvalue weighted by Gasteiger charge is -2.17. The van der Waals surface area contributed by atoms with Crippen LogP contribution in [-0.2, 0) is 34.4 Å². The predicted molar refractivity (Wildman–Crippen MR) is 139 cm³/mol. The average molecular weight is 572 g/mol. The van der Waals surface area contributed by atoms with Crippen LogP contribution in [0.5, 0.6) is 0 Å². The maximum absolute atomic E-state index is 12.5. The summed E-state index contributed by atoms with van der Waals surface area (Å²) < 4.78 is 35.8. The number of ether oxygens (including phenoxy) is 2. The first-order valence-corrected chi connectivity index (χ1v) is 14.4. The fourth-order valence-electron chi connectivity index (χ4n) is 3.97. The van der Waals surface area contributed by atoms with Gasteiger partial charge in [0, 0.05) is 11.6 Å². The van der Waals surface area contributed by atoms with Crippen LogP contribution in [0.15, 0.2) is 30.5 Å². The molecule has 0 saturated carbocycles. The number of nitrogens with one attached hydrogen (secondary N) is 1. The van der Waals surface area contributed by atoms with Gasteiger partial charge < -0.3 is 23.8 Å². The number of halogens is 2. The van der Waals surface area contributed by atoms with E-state index < -0.39 is 26.0 Å². The van der Waals surface area contributed by atoms with Crippen LogP contribution >= 0.6 is 30.8 Å². The zero-order valence-corrected chi connectivity index (χ0v) is 22.8. The van der Waals surface area contributed by atoms with E-state index in [0.717, 1.165) is 5.56 Å². The van der Waals surface area contributed by atoms with Gasteiger partial charge in [0.25, 0.3) is 0 Å². The monoisotopic (exact) mass is 571 g/mol. The van der Waals surface area contributed by atoms with Gasteiger partial charge in [-0.25, -0.2) is 4.68 Å². The van der Waals surface area contributed by atoms with Crippen molar-refractivity contribution in [1.29, 1.82) is 0 Å². The third-order valence-electron chi connectivity index (χ3n) is 5.59. The zero-order valence-electron chi connectivity index (χ0n) is 20.4. The Hall–Kier alpha value is -2.27. The van der Waals surface area contributed by atoms with E-state index in [1.54, 1.807) is 24.7 Å². The zero-order chi connectivity index (χ0) is 26.4. The number of carbonyl (C=O) groups excluding carboxylic acids is 1. The lowest BCUT2D eigenvalue weighted by atomic mass is 10.2. The molecule has 1 fully saturated rings. The average Bonchev–Trinajstić information content (AvgIpc) is 3.49. The van der Waals surface area contributed by atoms with Crippen LogP contribution in [0, 0.1) is 0 Å². The molecule has 4 rings (SSSR count). The number of carbonyl (C=O) groups is 1. The van der Waals surface area contributed by atoms with Crippen molar-refractivity contribution < 1.29 is 27.9 Å². The number of fused-ring (bicyclic) bond motifs is 1. The van der Waals surface area contributed by atoms with Gasteiger partial charge >= 0.3 is 13.6 Å². The molecule has 200 valence electrons. The molecule has 11 nitrogen and oxygen atoms in total. The van der Waals surface area contributed by atoms with Gasteiger partial charge in [0.1, 0.15) is 18.6 Å². The summed E-state index contributed by atoms with van der Waals surface area (Å²) in [7, 11) is -3.52. The van der Waals surface area contributed by atoms with Crippen LogP contribution in [0.4, 0.5) is 5.82 Å². The molecule has 1 aliphatic rings. The summed E-state index contributed by atoms with van der Waals surface area (Å²) in [6.07, 6.45) is 1.66. The molecule has 1 N–H and O–H groups in total. The number of anilines is 1. The first-order chi connectivity index (χ1) is 17.8. The van der Waals surface area contributed by atoms with Gasteiger partial charge in [-0.1, -0.05) is 29.8 Å². The van der Waals surface area contributed by atoms with Crippen molar-refractivity contribution in [2.75, 3.05) is 31.3 Å². The van der Waals surface area contributed by atoms with E-state index in [-0.39, 0.29) is 31.2 Å². The molecular weight excluding hydrogens is 544 g/mol. The molecule has 14 heteroatoms. The fraction of sp³-hybridized carbons (Fsp3) is 0.478. The summed E-state index contributed by atoms with van der Waals surface area (Å²) in [5.41, 5.74) is 1.42. The minimum absolute atomic E-state index is 0.00711. The van der Waals surface area contributed by atoms with Crippen molar-refractivity contribution in [3.05, 3.63) is 46.3 Å². The predicted octanol–water partition coefficient (Wildman–Crippen LogP) is 5.23. The van der Waals surface area contributed by atoms with E-state index in [1.165, 1.54) is 0 Å². The summed E-state index contributed by atoms with van der Waals surface area (Å²) in [4.78, 5) is 20.9. The molecule has 1 aliphatic heterocycles. The topological polar surface area (TPSA) is 127 Å². The van der Waals surface area contributed by atoms with Gasteiger partial charge in [-0.2, -0.15) is 15.1 Å². The van der Waals surface area contributed by atoms with Crippen molar-refractivity contribution in [2.45, 2.75) is 45.6 Å². The van der Waals surface area contributed by atoms with Crippen molar-refractivity contribution in [3.63, 3.8) is 0 Å². The minimum atomic E-state index is -3.52. The molecule has 2 atom stereocenters. The van der Waals surface area contributed by atoms with Gasteiger partial charge in [-0.15, -0.1) is 0 Å². The van der Waals surface area contributed by atoms with Crippen molar-refractivity contribution >= 4 is 53.6 Å². The number of hydrogen-bond donors (Lipinski definition) is 1. The third-order valence-corrected chi connectivity index (χ3v) is 8.08.